The van der Waals surface area contributed by atoms with Crippen LogP contribution in [0.25, 0.3) is 0 Å². The molecule has 2 aromatic rings. The highest BCUT2D eigenvalue weighted by molar-refractivity contribution is 6.01. The number of benzene rings is 1. The molecule has 2 unspecified atom stereocenters. The molecule has 2 fully saturated rings. The first kappa shape index (κ1) is 25.2. The molecule has 2 saturated heterocycles. The number of rotatable bonds is 6. The number of nitrogens with zero attached hydrogens (tertiary/aromatic N) is 6. The molecular formula is C26H36N6O2. The number of amides is 1. The van der Waals surface area contributed by atoms with Gasteiger partial charge < -0.3 is 14.5 Å². The van der Waals surface area contributed by atoms with Gasteiger partial charge in [-0.3, -0.25) is 9.80 Å². The van der Waals surface area contributed by atoms with Gasteiger partial charge in [-0.15, -0.1) is 0 Å². The molecule has 1 amide bonds. The van der Waals surface area contributed by atoms with E-state index in [9.17, 15) is 4.79 Å². The fourth-order valence-electron chi connectivity index (χ4n) is 4.52. The molecule has 0 aliphatic carbocycles. The van der Waals surface area contributed by atoms with Crippen molar-refractivity contribution >= 4 is 23.8 Å². The summed E-state index contributed by atoms with van der Waals surface area (Å²) in [7, 11) is 3.42. The molecule has 1 aromatic carbocycles. The van der Waals surface area contributed by atoms with Crippen LogP contribution in [0.2, 0.25) is 0 Å². The van der Waals surface area contributed by atoms with E-state index in [1.807, 2.05) is 57.8 Å². The van der Waals surface area contributed by atoms with Crippen molar-refractivity contribution in [3.63, 3.8) is 0 Å². The second kappa shape index (κ2) is 11.1. The van der Waals surface area contributed by atoms with Crippen LogP contribution in [-0.4, -0.2) is 66.8 Å². The van der Waals surface area contributed by atoms with Gasteiger partial charge in [0.1, 0.15) is 5.75 Å². The first-order chi connectivity index (χ1) is 16.4. The van der Waals surface area contributed by atoms with Gasteiger partial charge in [-0.05, 0) is 50.6 Å². The van der Waals surface area contributed by atoms with Crippen LogP contribution in [0.1, 0.15) is 42.0 Å². The molecular weight excluding hydrogens is 428 g/mol. The van der Waals surface area contributed by atoms with Crippen molar-refractivity contribution in [1.82, 2.24) is 14.9 Å². The van der Waals surface area contributed by atoms with Gasteiger partial charge in [-0.2, -0.15) is 5.10 Å². The lowest BCUT2D eigenvalue weighted by atomic mass is 9.81. The number of anilines is 2. The van der Waals surface area contributed by atoms with Crippen molar-refractivity contribution in [2.24, 2.45) is 11.0 Å². The smallest absolute Gasteiger partial charge is 0.256 e. The zero-order chi connectivity index (χ0) is 24.8. The summed E-state index contributed by atoms with van der Waals surface area (Å²) in [5, 5.41) is 6.00. The maximum absolute atomic E-state index is 13.6. The summed E-state index contributed by atoms with van der Waals surface area (Å²) >= 11 is 0. The van der Waals surface area contributed by atoms with Crippen LogP contribution in [0.15, 0.2) is 42.0 Å². The van der Waals surface area contributed by atoms with Crippen LogP contribution in [0.5, 0.6) is 5.75 Å². The van der Waals surface area contributed by atoms with Crippen LogP contribution in [-0.2, 0) is 0 Å². The lowest BCUT2D eigenvalue weighted by Crippen LogP contribution is -2.66. The number of carbonyl (C=O) groups is 1. The first-order valence-electron chi connectivity index (χ1n) is 11.9. The Labute approximate surface area is 202 Å². The standard InChI is InChI=1S/C24H30N6O2.C2H6/c1-6-10-25-28(4)21-8-7-19(32-5)13-20(21)23(31)30-14-18-9-11-29(15-22(18)30)24-26-16(2)12-17(3)27-24;1-2/h6-8,10,12-13,18,22H,1,9,11,14-15H2,2-5H3;1-2H3/b25-10-;. The van der Waals surface area contributed by atoms with Crippen molar-refractivity contribution in [1.29, 1.82) is 0 Å². The van der Waals surface area contributed by atoms with Crippen LogP contribution < -0.4 is 14.6 Å². The highest BCUT2D eigenvalue weighted by Crippen LogP contribution is 2.36. The van der Waals surface area contributed by atoms with Gasteiger partial charge in [0.2, 0.25) is 5.95 Å². The van der Waals surface area contributed by atoms with E-state index in [0.29, 0.717) is 17.2 Å². The predicted molar refractivity (Wildman–Crippen MR) is 138 cm³/mol. The Balaban J connectivity index is 0.00000158. The van der Waals surface area contributed by atoms with E-state index < -0.39 is 0 Å². The minimum absolute atomic E-state index is 0.0102. The van der Waals surface area contributed by atoms with E-state index in [-0.39, 0.29) is 11.9 Å². The lowest BCUT2D eigenvalue weighted by Gasteiger charge is -2.53. The van der Waals surface area contributed by atoms with Gasteiger partial charge in [0.25, 0.3) is 5.91 Å². The van der Waals surface area contributed by atoms with Gasteiger partial charge >= 0.3 is 0 Å². The fraction of sp³-hybridized carbons (Fsp3) is 0.462. The van der Waals surface area contributed by atoms with E-state index in [1.165, 1.54) is 0 Å². The zero-order valence-corrected chi connectivity index (χ0v) is 21.2. The molecule has 4 rings (SSSR count). The maximum atomic E-state index is 13.6. The van der Waals surface area contributed by atoms with Gasteiger partial charge in [0, 0.05) is 50.2 Å². The third kappa shape index (κ3) is 5.21. The molecule has 2 atom stereocenters. The van der Waals surface area contributed by atoms with E-state index >= 15 is 0 Å². The molecule has 0 spiro atoms. The highest BCUT2D eigenvalue weighted by atomic mass is 16.5. The number of ether oxygens (including phenoxy) is 1. The van der Waals surface area contributed by atoms with Crippen molar-refractivity contribution in [2.45, 2.75) is 40.2 Å². The largest absolute Gasteiger partial charge is 0.497 e. The van der Waals surface area contributed by atoms with E-state index in [1.54, 1.807) is 30.5 Å². The van der Waals surface area contributed by atoms with Gasteiger partial charge in [0.15, 0.2) is 0 Å². The number of aryl methyl sites for hydroxylation is 2. The third-order valence-corrected chi connectivity index (χ3v) is 6.20. The monoisotopic (exact) mass is 464 g/mol. The third-order valence-electron chi connectivity index (χ3n) is 6.20. The summed E-state index contributed by atoms with van der Waals surface area (Å²) in [6.07, 6.45) is 4.23. The van der Waals surface area contributed by atoms with Crippen LogP contribution >= 0.6 is 0 Å². The number of piperidine rings is 1. The Bertz CT molecular complexity index is 1030. The molecule has 2 aliphatic heterocycles. The second-order valence-electron chi connectivity index (χ2n) is 8.38. The number of likely N-dealkylation sites (tertiary alicyclic amines) is 1. The number of carbonyl (C=O) groups excluding carboxylic acids is 1. The molecule has 0 N–H and O–H groups in total. The number of methoxy groups -OCH3 is 1. The minimum atomic E-state index is -0.0102. The van der Waals surface area contributed by atoms with Crippen molar-refractivity contribution in [3.05, 3.63) is 53.9 Å². The molecule has 8 nitrogen and oxygen atoms in total. The van der Waals surface area contributed by atoms with Gasteiger partial charge in [-0.1, -0.05) is 20.4 Å². The SMILES string of the molecule is C=C/C=N\N(C)c1ccc(OC)cc1C(=O)N1CC2CCN(c3nc(C)cc(C)n3)CC21.CC. The van der Waals surface area contributed by atoms with Crippen LogP contribution in [0.3, 0.4) is 0 Å². The number of aromatic nitrogens is 2. The van der Waals surface area contributed by atoms with Gasteiger partial charge in [-0.25, -0.2) is 9.97 Å². The Morgan fingerprint density at radius 3 is 2.56 bits per heavy atom. The van der Waals surface area contributed by atoms with Crippen LogP contribution in [0, 0.1) is 19.8 Å². The Morgan fingerprint density at radius 1 is 1.21 bits per heavy atom. The van der Waals surface area contributed by atoms with Crippen LogP contribution in [0.4, 0.5) is 11.6 Å². The van der Waals surface area contributed by atoms with Crippen molar-refractivity contribution in [2.75, 3.05) is 43.7 Å². The number of hydrazone groups is 1. The number of allylic oxidation sites excluding steroid dienone is 1. The van der Waals surface area contributed by atoms with Crippen molar-refractivity contribution < 1.29 is 9.53 Å². The molecule has 8 heteroatoms. The Morgan fingerprint density at radius 2 is 1.91 bits per heavy atom. The molecule has 1 aromatic heterocycles. The van der Waals surface area contributed by atoms with E-state index in [0.717, 1.165) is 49.1 Å². The molecule has 3 heterocycles. The predicted octanol–water partition coefficient (Wildman–Crippen LogP) is 4.09. The maximum Gasteiger partial charge on any atom is 0.256 e. The molecule has 34 heavy (non-hydrogen) atoms. The van der Waals surface area contributed by atoms with E-state index in [2.05, 4.69) is 26.5 Å². The number of fused-ring (bicyclic) bond motifs is 1. The van der Waals surface area contributed by atoms with Gasteiger partial charge in [0.05, 0.1) is 24.4 Å². The molecule has 182 valence electrons. The normalized spacial score (nSPS) is 19.0. The summed E-state index contributed by atoms with van der Waals surface area (Å²) in [4.78, 5) is 27.0. The van der Waals surface area contributed by atoms with Crippen molar-refractivity contribution in [3.8, 4) is 5.75 Å². The zero-order valence-electron chi connectivity index (χ0n) is 21.2. The summed E-state index contributed by atoms with van der Waals surface area (Å²) < 4.78 is 5.39. The second-order valence-corrected chi connectivity index (χ2v) is 8.38. The molecule has 0 saturated carbocycles. The Hall–Kier alpha value is -3.42. The molecule has 0 radical (unpaired) electrons. The van der Waals surface area contributed by atoms with E-state index in [4.69, 9.17) is 4.74 Å². The topological polar surface area (TPSA) is 74.2 Å². The fourth-order valence-corrected chi connectivity index (χ4v) is 4.52. The number of hydrogen-bond donors (Lipinski definition) is 0. The lowest BCUT2D eigenvalue weighted by molar-refractivity contribution is 0.00771. The summed E-state index contributed by atoms with van der Waals surface area (Å²) in [6, 6.07) is 7.61. The Kier molecular flexibility index (Phi) is 8.26. The average Bonchev–Trinajstić information content (AvgIpc) is 2.83. The summed E-state index contributed by atoms with van der Waals surface area (Å²) in [5.74, 6) is 1.89. The highest BCUT2D eigenvalue weighted by Gasteiger charge is 2.46. The first-order valence-corrected chi connectivity index (χ1v) is 11.9. The summed E-state index contributed by atoms with van der Waals surface area (Å²) in [5.41, 5.74) is 3.22. The molecule has 0 bridgehead atoms. The average molecular weight is 465 g/mol. The quantitative estimate of drug-likeness (QED) is 0.474. The molecule has 2 aliphatic rings. The summed E-state index contributed by atoms with van der Waals surface area (Å²) in [6.45, 7) is 14.1. The number of hydrogen-bond acceptors (Lipinski definition) is 7. The minimum Gasteiger partial charge on any atom is -0.497 e.